The summed E-state index contributed by atoms with van der Waals surface area (Å²) >= 11 is 0. The first-order valence-corrected chi connectivity index (χ1v) is 10.3. The molecule has 0 fully saturated rings. The van der Waals surface area contributed by atoms with E-state index in [4.69, 9.17) is 5.73 Å². The van der Waals surface area contributed by atoms with Gasteiger partial charge in [0.2, 0.25) is 0 Å². The van der Waals surface area contributed by atoms with Crippen LogP contribution in [-0.2, 0) is 13.2 Å². The maximum atomic E-state index is 13.5. The highest BCUT2D eigenvalue weighted by Crippen LogP contribution is 2.33. The third-order valence-corrected chi connectivity index (χ3v) is 5.16. The molecule has 0 aliphatic rings. The molecule has 0 atom stereocenters. The molecular formula is C25H17F3N6O2. The van der Waals surface area contributed by atoms with Crippen LogP contribution < -0.4 is 11.1 Å². The highest BCUT2D eigenvalue weighted by Gasteiger charge is 2.31. The highest BCUT2D eigenvalue weighted by atomic mass is 19.4. The van der Waals surface area contributed by atoms with E-state index in [2.05, 4.69) is 39.3 Å². The molecule has 0 saturated heterocycles. The van der Waals surface area contributed by atoms with Crippen molar-refractivity contribution in [3.05, 3.63) is 95.1 Å². The number of amides is 2. The van der Waals surface area contributed by atoms with Crippen molar-refractivity contribution in [3.8, 4) is 17.5 Å². The number of aromatic nitrogens is 4. The number of carbonyl (C=O) groups excluding carboxylic acids is 2. The number of hydrogen-bond donors (Lipinski definition) is 2. The van der Waals surface area contributed by atoms with E-state index in [9.17, 15) is 22.8 Å². The molecule has 4 rings (SSSR count). The maximum absolute atomic E-state index is 13.5. The zero-order chi connectivity index (χ0) is 26.0. The van der Waals surface area contributed by atoms with E-state index in [0.717, 1.165) is 12.1 Å². The Morgan fingerprint density at radius 2 is 1.92 bits per heavy atom. The number of halogens is 3. The number of benzene rings is 1. The van der Waals surface area contributed by atoms with Crippen molar-refractivity contribution in [1.82, 2.24) is 19.1 Å². The molecule has 0 saturated carbocycles. The van der Waals surface area contributed by atoms with E-state index in [1.165, 1.54) is 46.2 Å². The van der Waals surface area contributed by atoms with Crippen LogP contribution in [0.1, 0.15) is 43.4 Å². The number of carbonyl (C=O) groups is 2. The van der Waals surface area contributed by atoms with Gasteiger partial charge in [-0.2, -0.15) is 13.2 Å². The number of nitrogens with zero attached hydrogens (tertiary/aromatic N) is 4. The van der Waals surface area contributed by atoms with Gasteiger partial charge in [0.05, 0.1) is 23.7 Å². The lowest BCUT2D eigenvalue weighted by atomic mass is 10.1. The first-order valence-electron chi connectivity index (χ1n) is 10.3. The van der Waals surface area contributed by atoms with Gasteiger partial charge in [-0.15, -0.1) is 0 Å². The predicted molar refractivity (Wildman–Crippen MR) is 123 cm³/mol. The van der Waals surface area contributed by atoms with Crippen LogP contribution in [0.25, 0.3) is 5.69 Å². The minimum absolute atomic E-state index is 0.0225. The molecule has 0 spiro atoms. The lowest BCUT2D eigenvalue weighted by molar-refractivity contribution is -0.137. The van der Waals surface area contributed by atoms with Gasteiger partial charge in [0.1, 0.15) is 5.69 Å². The number of primary amides is 1. The number of hydrogen-bond acceptors (Lipinski definition) is 4. The van der Waals surface area contributed by atoms with Crippen molar-refractivity contribution in [2.45, 2.75) is 13.1 Å². The molecule has 8 nitrogen and oxygen atoms in total. The average molecular weight is 490 g/mol. The topological polar surface area (TPSA) is 108 Å². The van der Waals surface area contributed by atoms with E-state index in [-0.39, 0.29) is 22.8 Å². The zero-order valence-corrected chi connectivity index (χ0v) is 18.9. The van der Waals surface area contributed by atoms with Gasteiger partial charge in [0.15, 0.2) is 5.82 Å². The molecule has 2 aromatic heterocycles. The quantitative estimate of drug-likeness (QED) is 0.428. The first kappa shape index (κ1) is 24.1. The molecule has 0 bridgehead atoms. The molecule has 180 valence electrons. The summed E-state index contributed by atoms with van der Waals surface area (Å²) in [5, 5.41) is 2.48. The third-order valence-electron chi connectivity index (χ3n) is 5.16. The lowest BCUT2D eigenvalue weighted by Gasteiger charge is -2.13. The van der Waals surface area contributed by atoms with Crippen molar-refractivity contribution in [2.75, 3.05) is 5.32 Å². The molecule has 36 heavy (non-hydrogen) atoms. The molecule has 2 heterocycles. The van der Waals surface area contributed by atoms with E-state index in [1.54, 1.807) is 14.0 Å². The normalized spacial score (nSPS) is 10.8. The Balaban J connectivity index is 1.63. The van der Waals surface area contributed by atoms with Gasteiger partial charge in [-0.3, -0.25) is 9.59 Å². The van der Waals surface area contributed by atoms with E-state index >= 15 is 0 Å². The number of imidazole rings is 2. The summed E-state index contributed by atoms with van der Waals surface area (Å²) in [4.78, 5) is 32.0. The number of nitrogens with two attached hydrogens (primary N) is 1. The van der Waals surface area contributed by atoms with Crippen LogP contribution in [0.3, 0.4) is 0 Å². The average Bonchev–Trinajstić information content (AvgIpc) is 3.48. The number of rotatable bonds is 4. The zero-order valence-electron chi connectivity index (χ0n) is 18.9. The minimum atomic E-state index is -4.62. The van der Waals surface area contributed by atoms with Crippen LogP contribution >= 0.6 is 0 Å². The molecule has 0 aliphatic carbocycles. The number of nitrogens with one attached hydrogen (secondary N) is 1. The van der Waals surface area contributed by atoms with Crippen LogP contribution in [0.15, 0.2) is 49.2 Å². The fourth-order valence-electron chi connectivity index (χ4n) is 3.26. The molecule has 0 unspecified atom stereocenters. The summed E-state index contributed by atoms with van der Waals surface area (Å²) in [5.41, 5.74) is 5.91. The van der Waals surface area contributed by atoms with Crippen molar-refractivity contribution in [1.29, 1.82) is 0 Å². The standard InChI is InChI=1S/C25H17F3N6O2/c1-15-3-4-17(9-16(15)5-6-20-13-31-23(22(29)35)33(20)2)24(36)32-19-10-18(25(26,27)28)11-21(12-19)34-8-7-30-14-34/h7-14H,1-2H3,(H2,29,35)(H,32,36). The van der Waals surface area contributed by atoms with Crippen molar-refractivity contribution < 1.29 is 22.8 Å². The second kappa shape index (κ2) is 9.31. The smallest absolute Gasteiger partial charge is 0.363 e. The van der Waals surface area contributed by atoms with Gasteiger partial charge in [-0.05, 0) is 37.1 Å². The third kappa shape index (κ3) is 5.05. The molecule has 4 aromatic rings. The number of alkyl halides is 3. The summed E-state index contributed by atoms with van der Waals surface area (Å²) in [7, 11) is 1.58. The van der Waals surface area contributed by atoms with Crippen LogP contribution in [0.4, 0.5) is 18.9 Å². The van der Waals surface area contributed by atoms with E-state index in [0.29, 0.717) is 16.8 Å². The first-order chi connectivity index (χ1) is 17.0. The fourth-order valence-corrected chi connectivity index (χ4v) is 3.26. The molecular weight excluding hydrogens is 473 g/mol. The van der Waals surface area contributed by atoms with Crippen molar-refractivity contribution >= 4 is 17.5 Å². The van der Waals surface area contributed by atoms with Gasteiger partial charge in [0.25, 0.3) is 11.8 Å². The summed E-state index contributed by atoms with van der Waals surface area (Å²) in [5.74, 6) is 4.39. The summed E-state index contributed by atoms with van der Waals surface area (Å²) in [6.45, 7) is 1.71. The Morgan fingerprint density at radius 1 is 1.14 bits per heavy atom. The predicted octanol–water partition coefficient (Wildman–Crippen LogP) is 3.28. The van der Waals surface area contributed by atoms with Gasteiger partial charge in [-0.1, -0.05) is 18.1 Å². The Hall–Kier alpha value is -5.03. The van der Waals surface area contributed by atoms with Crippen LogP contribution in [-0.4, -0.2) is 30.9 Å². The van der Waals surface area contributed by atoms with Gasteiger partial charge in [-0.25, -0.2) is 9.97 Å². The lowest BCUT2D eigenvalue weighted by Crippen LogP contribution is -2.17. The molecule has 2 aromatic carbocycles. The second-order valence-electron chi connectivity index (χ2n) is 7.68. The Kier molecular flexibility index (Phi) is 6.24. The summed E-state index contributed by atoms with van der Waals surface area (Å²) in [6.07, 6.45) is 1.04. The largest absolute Gasteiger partial charge is 0.416 e. The van der Waals surface area contributed by atoms with Crippen LogP contribution in [0, 0.1) is 30.9 Å². The molecule has 0 radical (unpaired) electrons. The fraction of sp³-hybridized carbons (Fsp3) is 0.120. The monoisotopic (exact) mass is 490 g/mol. The van der Waals surface area contributed by atoms with Gasteiger partial charge >= 0.3 is 6.18 Å². The second-order valence-corrected chi connectivity index (χ2v) is 7.68. The highest BCUT2D eigenvalue weighted by molar-refractivity contribution is 6.04. The van der Waals surface area contributed by atoms with E-state index < -0.39 is 23.6 Å². The Labute approximate surface area is 203 Å². The van der Waals surface area contributed by atoms with Gasteiger partial charge in [0, 0.05) is 41.9 Å². The number of anilines is 1. The molecule has 0 aliphatic heterocycles. The van der Waals surface area contributed by atoms with Crippen LogP contribution in [0.5, 0.6) is 0 Å². The summed E-state index contributed by atoms with van der Waals surface area (Å²) in [6, 6.07) is 10.1. The SMILES string of the molecule is Cc1c#cc(C(=O)Nc2cc(-n3ccnc3)cc(C(F)(F)F)c2)cc1C#Cc1cnc(C(N)=O)n1C. The van der Waals surface area contributed by atoms with Crippen molar-refractivity contribution in [2.24, 2.45) is 12.8 Å². The molecule has 3 N–H and O–H groups in total. The Bertz CT molecular complexity index is 1530. The maximum Gasteiger partial charge on any atom is 0.416 e. The summed E-state index contributed by atoms with van der Waals surface area (Å²) < 4.78 is 43.2. The van der Waals surface area contributed by atoms with E-state index in [1.807, 2.05) is 0 Å². The Morgan fingerprint density at radius 3 is 2.56 bits per heavy atom. The van der Waals surface area contributed by atoms with Crippen LogP contribution in [0.2, 0.25) is 0 Å². The van der Waals surface area contributed by atoms with Crippen molar-refractivity contribution in [3.63, 3.8) is 0 Å². The molecule has 11 heteroatoms. The minimum Gasteiger partial charge on any atom is -0.363 e. The van der Waals surface area contributed by atoms with Gasteiger partial charge < -0.3 is 20.2 Å². The molecule has 2 amide bonds.